The molecule has 1 aromatic heterocycles. The zero-order valence-electron chi connectivity index (χ0n) is 10.8. The summed E-state index contributed by atoms with van der Waals surface area (Å²) < 4.78 is 2.05. The van der Waals surface area contributed by atoms with Gasteiger partial charge in [0.15, 0.2) is 0 Å². The third-order valence-electron chi connectivity index (χ3n) is 3.79. The van der Waals surface area contributed by atoms with Crippen molar-refractivity contribution >= 4 is 5.82 Å². The summed E-state index contributed by atoms with van der Waals surface area (Å²) in [4.78, 5) is 4.61. The molecule has 0 saturated heterocycles. The van der Waals surface area contributed by atoms with Gasteiger partial charge >= 0.3 is 0 Å². The number of aryl methyl sites for hydroxylation is 1. The number of imidazole rings is 1. The first kappa shape index (κ1) is 12.2. The van der Waals surface area contributed by atoms with Gasteiger partial charge in [0.1, 0.15) is 11.6 Å². The predicted octanol–water partition coefficient (Wildman–Crippen LogP) is 3.08. The van der Waals surface area contributed by atoms with Crippen molar-refractivity contribution < 1.29 is 0 Å². The van der Waals surface area contributed by atoms with Crippen LogP contribution in [0.4, 0.5) is 5.82 Å². The minimum Gasteiger partial charge on any atom is -0.384 e. The highest BCUT2D eigenvalue weighted by molar-refractivity contribution is 5.38. The summed E-state index contributed by atoms with van der Waals surface area (Å²) in [5, 5.41) is 0. The Kier molecular flexibility index (Phi) is 3.87. The maximum Gasteiger partial charge on any atom is 0.127 e. The molecule has 1 aliphatic carbocycles. The van der Waals surface area contributed by atoms with Crippen molar-refractivity contribution in [3.63, 3.8) is 0 Å². The summed E-state index contributed by atoms with van der Waals surface area (Å²) in [5.74, 6) is 2.64. The molecule has 2 N–H and O–H groups in total. The Balaban J connectivity index is 2.09. The number of allylic oxidation sites excluding steroid dienone is 1. The van der Waals surface area contributed by atoms with Crippen LogP contribution < -0.4 is 5.73 Å². The second-order valence-electron chi connectivity index (χ2n) is 5.10. The van der Waals surface area contributed by atoms with Gasteiger partial charge in [-0.25, -0.2) is 4.98 Å². The molecule has 1 aromatic rings. The summed E-state index contributed by atoms with van der Waals surface area (Å²) in [6.45, 7) is 6.54. The quantitative estimate of drug-likeness (QED) is 0.812. The number of rotatable bonds is 4. The Morgan fingerprint density at radius 1 is 1.41 bits per heavy atom. The van der Waals surface area contributed by atoms with Gasteiger partial charge in [-0.3, -0.25) is 0 Å². The zero-order chi connectivity index (χ0) is 12.3. The highest BCUT2D eigenvalue weighted by Crippen LogP contribution is 2.28. The zero-order valence-corrected chi connectivity index (χ0v) is 10.8. The Hall–Kier alpha value is -1.25. The molecule has 0 aliphatic heterocycles. The molecule has 0 amide bonds. The molecule has 94 valence electrons. The molecule has 0 aromatic carbocycles. The molecule has 17 heavy (non-hydrogen) atoms. The van der Waals surface area contributed by atoms with Gasteiger partial charge in [-0.1, -0.05) is 38.2 Å². The van der Waals surface area contributed by atoms with Gasteiger partial charge in [0, 0.05) is 6.54 Å². The molecular weight excluding hydrogens is 210 g/mol. The summed E-state index contributed by atoms with van der Waals surface area (Å²) in [6, 6.07) is 0. The normalized spacial score (nSPS) is 17.2. The number of anilines is 1. The smallest absolute Gasteiger partial charge is 0.127 e. The van der Waals surface area contributed by atoms with E-state index in [1.165, 1.54) is 32.1 Å². The van der Waals surface area contributed by atoms with E-state index in [0.29, 0.717) is 0 Å². The topological polar surface area (TPSA) is 43.8 Å². The number of nitrogen functional groups attached to an aromatic ring is 1. The first-order valence-electron chi connectivity index (χ1n) is 6.64. The van der Waals surface area contributed by atoms with Gasteiger partial charge in [0.25, 0.3) is 0 Å². The van der Waals surface area contributed by atoms with Crippen molar-refractivity contribution in [2.24, 2.45) is 5.92 Å². The molecule has 0 bridgehead atoms. The van der Waals surface area contributed by atoms with E-state index in [0.717, 1.165) is 36.2 Å². The molecule has 1 aliphatic rings. The fourth-order valence-corrected chi connectivity index (χ4v) is 2.82. The number of hydrogen-bond acceptors (Lipinski definition) is 2. The largest absolute Gasteiger partial charge is 0.384 e. The third kappa shape index (κ3) is 2.71. The second kappa shape index (κ2) is 5.39. The lowest BCUT2D eigenvalue weighted by atomic mass is 9.86. The minimum absolute atomic E-state index is 0.759. The van der Waals surface area contributed by atoms with Crippen molar-refractivity contribution in [3.05, 3.63) is 24.2 Å². The SMILES string of the molecule is C=CCn1c(C)nc(CC2CCCCC2)c1N. The summed E-state index contributed by atoms with van der Waals surface area (Å²) in [6.07, 6.45) is 9.75. The minimum atomic E-state index is 0.759. The summed E-state index contributed by atoms with van der Waals surface area (Å²) in [5.41, 5.74) is 7.25. The van der Waals surface area contributed by atoms with Crippen molar-refractivity contribution in [1.29, 1.82) is 0 Å². The Morgan fingerprint density at radius 3 is 2.76 bits per heavy atom. The molecule has 0 atom stereocenters. The molecular formula is C14H23N3. The molecule has 0 unspecified atom stereocenters. The van der Waals surface area contributed by atoms with Crippen LogP contribution in [0.5, 0.6) is 0 Å². The molecule has 1 fully saturated rings. The second-order valence-corrected chi connectivity index (χ2v) is 5.10. The highest BCUT2D eigenvalue weighted by atomic mass is 15.1. The standard InChI is InChI=1S/C14H23N3/c1-3-9-17-11(2)16-13(14(17)15)10-12-7-5-4-6-8-12/h3,12H,1,4-10,15H2,2H3. The fraction of sp³-hybridized carbons (Fsp3) is 0.643. The van der Waals surface area contributed by atoms with Gasteiger partial charge in [0.2, 0.25) is 0 Å². The lowest BCUT2D eigenvalue weighted by molar-refractivity contribution is 0.355. The van der Waals surface area contributed by atoms with Crippen LogP contribution in [0.1, 0.15) is 43.6 Å². The van der Waals surface area contributed by atoms with E-state index in [1.54, 1.807) is 0 Å². The van der Waals surface area contributed by atoms with Crippen molar-refractivity contribution in [2.75, 3.05) is 5.73 Å². The van der Waals surface area contributed by atoms with E-state index in [-0.39, 0.29) is 0 Å². The lowest BCUT2D eigenvalue weighted by Crippen LogP contribution is -2.11. The molecule has 2 rings (SSSR count). The average molecular weight is 233 g/mol. The maximum absolute atomic E-state index is 6.16. The van der Waals surface area contributed by atoms with E-state index in [2.05, 4.69) is 11.6 Å². The predicted molar refractivity (Wildman–Crippen MR) is 71.9 cm³/mol. The Morgan fingerprint density at radius 2 is 2.12 bits per heavy atom. The average Bonchev–Trinajstić information content (AvgIpc) is 2.59. The molecule has 3 nitrogen and oxygen atoms in total. The van der Waals surface area contributed by atoms with Gasteiger partial charge in [-0.15, -0.1) is 6.58 Å². The fourth-order valence-electron chi connectivity index (χ4n) is 2.82. The first-order valence-corrected chi connectivity index (χ1v) is 6.64. The number of nitrogens with two attached hydrogens (primary N) is 1. The van der Waals surface area contributed by atoms with Crippen LogP contribution in [0.2, 0.25) is 0 Å². The van der Waals surface area contributed by atoms with E-state index in [4.69, 9.17) is 5.73 Å². The number of nitrogens with zero attached hydrogens (tertiary/aromatic N) is 2. The molecule has 0 spiro atoms. The summed E-state index contributed by atoms with van der Waals surface area (Å²) >= 11 is 0. The van der Waals surface area contributed by atoms with Crippen LogP contribution in [0.15, 0.2) is 12.7 Å². The van der Waals surface area contributed by atoms with E-state index in [1.807, 2.05) is 17.6 Å². The highest BCUT2D eigenvalue weighted by Gasteiger charge is 2.18. The van der Waals surface area contributed by atoms with Gasteiger partial charge < -0.3 is 10.3 Å². The van der Waals surface area contributed by atoms with Crippen LogP contribution in [-0.4, -0.2) is 9.55 Å². The monoisotopic (exact) mass is 233 g/mol. The van der Waals surface area contributed by atoms with Crippen LogP contribution in [0.25, 0.3) is 0 Å². The molecule has 1 heterocycles. The van der Waals surface area contributed by atoms with E-state index < -0.39 is 0 Å². The number of aromatic nitrogens is 2. The van der Waals surface area contributed by atoms with Gasteiger partial charge in [-0.2, -0.15) is 0 Å². The van der Waals surface area contributed by atoms with Crippen molar-refractivity contribution in [3.8, 4) is 0 Å². The van der Waals surface area contributed by atoms with Crippen molar-refractivity contribution in [1.82, 2.24) is 9.55 Å². The molecule has 3 heteroatoms. The Bertz CT molecular complexity index is 386. The summed E-state index contributed by atoms with van der Waals surface area (Å²) in [7, 11) is 0. The Labute approximate surface area is 104 Å². The van der Waals surface area contributed by atoms with Crippen LogP contribution in [0, 0.1) is 12.8 Å². The van der Waals surface area contributed by atoms with Gasteiger partial charge in [-0.05, 0) is 19.3 Å². The van der Waals surface area contributed by atoms with Crippen LogP contribution in [0.3, 0.4) is 0 Å². The van der Waals surface area contributed by atoms with Gasteiger partial charge in [0.05, 0.1) is 5.69 Å². The van der Waals surface area contributed by atoms with Crippen LogP contribution >= 0.6 is 0 Å². The first-order chi connectivity index (χ1) is 8.22. The molecule has 1 saturated carbocycles. The lowest BCUT2D eigenvalue weighted by Gasteiger charge is -2.20. The van der Waals surface area contributed by atoms with Crippen molar-refractivity contribution in [2.45, 2.75) is 52.0 Å². The van der Waals surface area contributed by atoms with E-state index >= 15 is 0 Å². The maximum atomic E-state index is 6.16. The molecule has 0 radical (unpaired) electrons. The van der Waals surface area contributed by atoms with E-state index in [9.17, 15) is 0 Å². The number of hydrogen-bond donors (Lipinski definition) is 1. The third-order valence-corrected chi connectivity index (χ3v) is 3.79. The van der Waals surface area contributed by atoms with Crippen LogP contribution in [-0.2, 0) is 13.0 Å².